The van der Waals surface area contributed by atoms with Gasteiger partial charge in [0.2, 0.25) is 0 Å². The monoisotopic (exact) mass is 254 g/mol. The number of ether oxygens (including phenoxy) is 2. The number of aryl methyl sites for hydroxylation is 1. The van der Waals surface area contributed by atoms with Crippen molar-refractivity contribution in [2.45, 2.75) is 25.9 Å². The summed E-state index contributed by atoms with van der Waals surface area (Å²) in [6.07, 6.45) is 1.14. The Morgan fingerprint density at radius 3 is 2.83 bits per heavy atom. The molecule has 0 atom stereocenters. The fraction of sp³-hybridized carbons (Fsp3) is 0.462. The molecule has 5 heteroatoms. The molecule has 0 unspecified atom stereocenters. The third-order valence-electron chi connectivity index (χ3n) is 2.77. The number of halogens is 1. The van der Waals surface area contributed by atoms with Gasteiger partial charge in [-0.3, -0.25) is 4.79 Å². The van der Waals surface area contributed by atoms with Crippen molar-refractivity contribution in [3.63, 3.8) is 0 Å². The molecule has 2 rings (SSSR count). The predicted octanol–water partition coefficient (Wildman–Crippen LogP) is 2.33. The summed E-state index contributed by atoms with van der Waals surface area (Å²) in [6, 6.07) is 3.35. The topological polar surface area (TPSA) is 55.8 Å². The molecule has 1 aromatic rings. The molecule has 0 aliphatic carbocycles. The number of alkyl halides is 1. The number of hydrogen-bond donors (Lipinski definition) is 1. The molecule has 1 aliphatic heterocycles. The van der Waals surface area contributed by atoms with Gasteiger partial charge < -0.3 is 14.6 Å². The lowest BCUT2D eigenvalue weighted by Gasteiger charge is -2.22. The molecule has 0 fully saturated rings. The van der Waals surface area contributed by atoms with Gasteiger partial charge in [-0.1, -0.05) is 0 Å². The molecule has 98 valence electrons. The van der Waals surface area contributed by atoms with Crippen LogP contribution in [-0.2, 0) is 17.9 Å². The number of fused-ring (bicyclic) bond motifs is 1. The Bertz CT molecular complexity index is 445. The van der Waals surface area contributed by atoms with Gasteiger partial charge in [-0.2, -0.15) is 0 Å². The molecular formula is C13H15FO4. The molecule has 4 nitrogen and oxygen atoms in total. The first-order valence-electron chi connectivity index (χ1n) is 5.90. The van der Waals surface area contributed by atoms with Crippen molar-refractivity contribution in [3.05, 3.63) is 23.3 Å². The molecule has 1 aromatic carbocycles. The van der Waals surface area contributed by atoms with E-state index in [1.54, 1.807) is 12.1 Å². The van der Waals surface area contributed by atoms with Gasteiger partial charge in [0.25, 0.3) is 0 Å². The number of hydrogen-bond acceptors (Lipinski definition) is 3. The highest BCUT2D eigenvalue weighted by molar-refractivity contribution is 5.66. The maximum atomic E-state index is 12.7. The van der Waals surface area contributed by atoms with E-state index in [0.717, 1.165) is 5.56 Å². The molecule has 0 radical (unpaired) electrons. The lowest BCUT2D eigenvalue weighted by Crippen LogP contribution is -2.17. The van der Waals surface area contributed by atoms with Gasteiger partial charge >= 0.3 is 5.97 Å². The highest BCUT2D eigenvalue weighted by Gasteiger charge is 2.17. The molecule has 1 aliphatic rings. The number of carboxylic acids is 1. The van der Waals surface area contributed by atoms with Crippen LogP contribution in [0.3, 0.4) is 0 Å². The van der Waals surface area contributed by atoms with Crippen molar-refractivity contribution in [1.82, 2.24) is 0 Å². The highest BCUT2D eigenvalue weighted by atomic mass is 19.1. The maximum Gasteiger partial charge on any atom is 0.303 e. The average molecular weight is 254 g/mol. The Kier molecular flexibility index (Phi) is 4.02. The number of benzene rings is 1. The summed E-state index contributed by atoms with van der Waals surface area (Å²) in [5, 5.41) is 8.61. The first-order chi connectivity index (χ1) is 8.70. The van der Waals surface area contributed by atoms with E-state index in [0.29, 0.717) is 43.1 Å². The van der Waals surface area contributed by atoms with E-state index < -0.39 is 12.6 Å². The smallest absolute Gasteiger partial charge is 0.303 e. The van der Waals surface area contributed by atoms with Gasteiger partial charge in [-0.25, -0.2) is 4.39 Å². The molecule has 1 heterocycles. The van der Waals surface area contributed by atoms with Crippen LogP contribution in [0.25, 0.3) is 0 Å². The summed E-state index contributed by atoms with van der Waals surface area (Å²) in [5.74, 6) is 0.355. The van der Waals surface area contributed by atoms with E-state index in [-0.39, 0.29) is 6.42 Å². The Labute approximate surface area is 104 Å². The molecule has 0 bridgehead atoms. The lowest BCUT2D eigenvalue weighted by molar-refractivity contribution is -0.137. The highest BCUT2D eigenvalue weighted by Crippen LogP contribution is 2.36. The quantitative estimate of drug-likeness (QED) is 0.876. The third kappa shape index (κ3) is 2.91. The SMILES string of the molecule is O=C(O)CCCc1cc(CF)cc2c1OCCO2. The second-order valence-corrected chi connectivity index (χ2v) is 4.16. The van der Waals surface area contributed by atoms with E-state index in [1.807, 2.05) is 0 Å². The molecule has 0 amide bonds. The van der Waals surface area contributed by atoms with Crippen LogP contribution >= 0.6 is 0 Å². The van der Waals surface area contributed by atoms with Crippen LogP contribution in [0.5, 0.6) is 11.5 Å². The zero-order chi connectivity index (χ0) is 13.0. The first-order valence-corrected chi connectivity index (χ1v) is 5.90. The fourth-order valence-electron chi connectivity index (χ4n) is 1.98. The number of rotatable bonds is 5. The first kappa shape index (κ1) is 12.7. The second kappa shape index (κ2) is 5.71. The third-order valence-corrected chi connectivity index (χ3v) is 2.77. The van der Waals surface area contributed by atoms with Crippen molar-refractivity contribution in [2.75, 3.05) is 13.2 Å². The lowest BCUT2D eigenvalue weighted by atomic mass is 10.0. The molecule has 18 heavy (non-hydrogen) atoms. The average Bonchev–Trinajstić information content (AvgIpc) is 2.38. The molecule has 0 saturated heterocycles. The van der Waals surface area contributed by atoms with Crippen LogP contribution in [0.15, 0.2) is 12.1 Å². The van der Waals surface area contributed by atoms with Gasteiger partial charge in [0.15, 0.2) is 11.5 Å². The van der Waals surface area contributed by atoms with Gasteiger partial charge in [-0.15, -0.1) is 0 Å². The maximum absolute atomic E-state index is 12.7. The molecule has 0 aromatic heterocycles. The number of carboxylic acid groups (broad SMARTS) is 1. The summed E-state index contributed by atoms with van der Waals surface area (Å²) >= 11 is 0. The zero-order valence-electron chi connectivity index (χ0n) is 9.95. The Morgan fingerprint density at radius 2 is 2.11 bits per heavy atom. The Hall–Kier alpha value is -1.78. The van der Waals surface area contributed by atoms with Crippen LogP contribution in [-0.4, -0.2) is 24.3 Å². The Balaban J connectivity index is 2.18. The molecule has 0 saturated carbocycles. The van der Waals surface area contributed by atoms with Crippen molar-refractivity contribution >= 4 is 5.97 Å². The molecule has 1 N–H and O–H groups in total. The minimum atomic E-state index is -0.831. The summed E-state index contributed by atoms with van der Waals surface area (Å²) in [5.41, 5.74) is 1.35. The van der Waals surface area contributed by atoms with Gasteiger partial charge in [0.05, 0.1) is 0 Å². The number of carbonyl (C=O) groups is 1. The minimum absolute atomic E-state index is 0.0927. The van der Waals surface area contributed by atoms with Crippen LogP contribution in [0.4, 0.5) is 4.39 Å². The van der Waals surface area contributed by atoms with E-state index in [4.69, 9.17) is 14.6 Å². The second-order valence-electron chi connectivity index (χ2n) is 4.16. The van der Waals surface area contributed by atoms with Crippen molar-refractivity contribution in [3.8, 4) is 11.5 Å². The van der Waals surface area contributed by atoms with E-state index in [9.17, 15) is 9.18 Å². The largest absolute Gasteiger partial charge is 0.486 e. The van der Waals surface area contributed by atoms with Gasteiger partial charge in [0.1, 0.15) is 19.9 Å². The summed E-state index contributed by atoms with van der Waals surface area (Å²) in [4.78, 5) is 10.5. The van der Waals surface area contributed by atoms with Crippen LogP contribution in [0.1, 0.15) is 24.0 Å². The van der Waals surface area contributed by atoms with Gasteiger partial charge in [0, 0.05) is 6.42 Å². The normalized spacial score (nSPS) is 13.4. The van der Waals surface area contributed by atoms with Crippen LogP contribution in [0, 0.1) is 0 Å². The van der Waals surface area contributed by atoms with E-state index in [2.05, 4.69) is 0 Å². The fourth-order valence-corrected chi connectivity index (χ4v) is 1.98. The van der Waals surface area contributed by atoms with E-state index >= 15 is 0 Å². The zero-order valence-corrected chi connectivity index (χ0v) is 9.95. The molecule has 0 spiro atoms. The predicted molar refractivity (Wildman–Crippen MR) is 62.8 cm³/mol. The van der Waals surface area contributed by atoms with Crippen LogP contribution in [0.2, 0.25) is 0 Å². The van der Waals surface area contributed by atoms with Crippen molar-refractivity contribution in [2.24, 2.45) is 0 Å². The van der Waals surface area contributed by atoms with Crippen LogP contribution < -0.4 is 9.47 Å². The molecular weight excluding hydrogens is 239 g/mol. The summed E-state index contributed by atoms with van der Waals surface area (Å²) in [7, 11) is 0. The van der Waals surface area contributed by atoms with Gasteiger partial charge in [-0.05, 0) is 36.1 Å². The van der Waals surface area contributed by atoms with Crippen molar-refractivity contribution in [1.29, 1.82) is 0 Å². The van der Waals surface area contributed by atoms with Crippen molar-refractivity contribution < 1.29 is 23.8 Å². The summed E-state index contributed by atoms with van der Waals surface area (Å²) in [6.45, 7) is 0.355. The minimum Gasteiger partial charge on any atom is -0.486 e. The van der Waals surface area contributed by atoms with E-state index in [1.165, 1.54) is 0 Å². The number of aliphatic carboxylic acids is 1. The summed E-state index contributed by atoms with van der Waals surface area (Å²) < 4.78 is 23.7. The Morgan fingerprint density at radius 1 is 1.33 bits per heavy atom. The standard InChI is InChI=1S/C13H15FO4/c14-8-9-6-10(2-1-3-12(15)16)13-11(7-9)17-4-5-18-13/h6-7H,1-5,8H2,(H,15,16).